The van der Waals surface area contributed by atoms with Crippen molar-refractivity contribution in [1.29, 1.82) is 0 Å². The van der Waals surface area contributed by atoms with Crippen molar-refractivity contribution >= 4 is 23.2 Å². The normalized spacial score (nSPS) is 13.9. The Morgan fingerprint density at radius 3 is 2.84 bits per heavy atom. The molecule has 0 atom stereocenters. The summed E-state index contributed by atoms with van der Waals surface area (Å²) in [6.07, 6.45) is 1.89. The van der Waals surface area contributed by atoms with Crippen LogP contribution in [0.4, 0.5) is 17.3 Å². The number of hydrogen-bond acceptors (Lipinski definition) is 6. The number of nitro groups is 1. The summed E-state index contributed by atoms with van der Waals surface area (Å²) in [5.74, 6) is 0.512. The maximum atomic E-state index is 11.4. The molecule has 4 N–H and O–H groups in total. The first kappa shape index (κ1) is 13.1. The standard InChI is InChI=1S/C11H15N5O3/c12-9-4-3-8(16(18)19)10(15-9)13-5-6-14-11(17)7-1-2-7/h3-4,7H,1-2,5-6H2,(H,14,17)(H3,12,13,15). The van der Waals surface area contributed by atoms with Gasteiger partial charge in [-0.2, -0.15) is 0 Å². The van der Waals surface area contributed by atoms with Crippen LogP contribution in [0.5, 0.6) is 0 Å². The number of pyridine rings is 1. The molecule has 0 saturated heterocycles. The molecular formula is C11H15N5O3. The number of amides is 1. The number of hydrogen-bond donors (Lipinski definition) is 3. The lowest BCUT2D eigenvalue weighted by atomic mass is 10.3. The van der Waals surface area contributed by atoms with Crippen molar-refractivity contribution in [1.82, 2.24) is 10.3 Å². The van der Waals surface area contributed by atoms with Crippen LogP contribution in [0, 0.1) is 16.0 Å². The molecule has 1 aromatic heterocycles. The average Bonchev–Trinajstić information content (AvgIpc) is 3.18. The molecular weight excluding hydrogens is 250 g/mol. The quantitative estimate of drug-likeness (QED) is 0.391. The van der Waals surface area contributed by atoms with E-state index in [-0.39, 0.29) is 29.1 Å². The average molecular weight is 265 g/mol. The van der Waals surface area contributed by atoms with Crippen molar-refractivity contribution in [3.8, 4) is 0 Å². The minimum Gasteiger partial charge on any atom is -0.384 e. The Balaban J connectivity index is 1.85. The van der Waals surface area contributed by atoms with Crippen LogP contribution < -0.4 is 16.4 Å². The molecule has 8 nitrogen and oxygen atoms in total. The van der Waals surface area contributed by atoms with Gasteiger partial charge >= 0.3 is 5.69 Å². The number of nitrogens with zero attached hydrogens (tertiary/aromatic N) is 2. The monoisotopic (exact) mass is 265 g/mol. The van der Waals surface area contributed by atoms with Crippen LogP contribution >= 0.6 is 0 Å². The molecule has 1 amide bonds. The summed E-state index contributed by atoms with van der Waals surface area (Å²) >= 11 is 0. The number of aromatic nitrogens is 1. The van der Waals surface area contributed by atoms with E-state index in [9.17, 15) is 14.9 Å². The largest absolute Gasteiger partial charge is 0.384 e. The lowest BCUT2D eigenvalue weighted by Gasteiger charge is -2.07. The van der Waals surface area contributed by atoms with Crippen LogP contribution in [-0.2, 0) is 4.79 Å². The molecule has 0 unspecified atom stereocenters. The number of anilines is 2. The summed E-state index contributed by atoms with van der Waals surface area (Å²) in [6.45, 7) is 0.749. The molecule has 0 radical (unpaired) electrons. The zero-order valence-corrected chi connectivity index (χ0v) is 10.3. The maximum Gasteiger partial charge on any atom is 0.311 e. The highest BCUT2D eigenvalue weighted by atomic mass is 16.6. The van der Waals surface area contributed by atoms with Gasteiger partial charge in [-0.1, -0.05) is 0 Å². The van der Waals surface area contributed by atoms with Gasteiger partial charge in [0.2, 0.25) is 11.7 Å². The fraction of sp³-hybridized carbons (Fsp3) is 0.455. The number of nitrogens with two attached hydrogens (primary N) is 1. The Morgan fingerprint density at radius 1 is 1.47 bits per heavy atom. The highest BCUT2D eigenvalue weighted by Gasteiger charge is 2.29. The predicted molar refractivity (Wildman–Crippen MR) is 69.5 cm³/mol. The molecule has 1 aliphatic carbocycles. The molecule has 8 heteroatoms. The lowest BCUT2D eigenvalue weighted by Crippen LogP contribution is -2.30. The van der Waals surface area contributed by atoms with Crippen LogP contribution in [0.25, 0.3) is 0 Å². The van der Waals surface area contributed by atoms with Gasteiger partial charge in [0, 0.05) is 25.1 Å². The van der Waals surface area contributed by atoms with Crippen molar-refractivity contribution in [2.75, 3.05) is 24.1 Å². The fourth-order valence-corrected chi connectivity index (χ4v) is 1.60. The topological polar surface area (TPSA) is 123 Å². The predicted octanol–water partition coefficient (Wildman–Crippen LogP) is 0.510. The van der Waals surface area contributed by atoms with Gasteiger partial charge in [-0.25, -0.2) is 4.98 Å². The highest BCUT2D eigenvalue weighted by Crippen LogP contribution is 2.28. The highest BCUT2D eigenvalue weighted by molar-refractivity contribution is 5.80. The fourth-order valence-electron chi connectivity index (χ4n) is 1.60. The Morgan fingerprint density at radius 2 is 2.21 bits per heavy atom. The molecule has 19 heavy (non-hydrogen) atoms. The Labute approximate surface area is 109 Å². The molecule has 1 saturated carbocycles. The second-order valence-electron chi connectivity index (χ2n) is 4.35. The van der Waals surface area contributed by atoms with Crippen LogP contribution in [0.15, 0.2) is 12.1 Å². The molecule has 1 heterocycles. The number of carbonyl (C=O) groups excluding carboxylic acids is 1. The van der Waals surface area contributed by atoms with Crippen molar-refractivity contribution < 1.29 is 9.72 Å². The maximum absolute atomic E-state index is 11.4. The van der Waals surface area contributed by atoms with Crippen molar-refractivity contribution in [3.63, 3.8) is 0 Å². The SMILES string of the molecule is Nc1ccc([N+](=O)[O-])c(NCCNC(=O)C2CC2)n1. The van der Waals surface area contributed by atoms with Crippen LogP contribution in [0.3, 0.4) is 0 Å². The number of nitrogen functional groups attached to an aromatic ring is 1. The molecule has 2 rings (SSSR count). The van der Waals surface area contributed by atoms with E-state index in [0.717, 1.165) is 12.8 Å². The molecule has 1 aromatic rings. The van der Waals surface area contributed by atoms with Gasteiger partial charge in [0.25, 0.3) is 0 Å². The third-order valence-corrected chi connectivity index (χ3v) is 2.76. The number of rotatable bonds is 6. The summed E-state index contributed by atoms with van der Waals surface area (Å²) in [5, 5.41) is 16.3. The molecule has 0 bridgehead atoms. The Hall–Kier alpha value is -2.38. The number of nitrogens with one attached hydrogen (secondary N) is 2. The first-order chi connectivity index (χ1) is 9.08. The van der Waals surface area contributed by atoms with E-state index in [2.05, 4.69) is 15.6 Å². The minimum absolute atomic E-state index is 0.0387. The van der Waals surface area contributed by atoms with Crippen LogP contribution in [0.2, 0.25) is 0 Å². The van der Waals surface area contributed by atoms with Gasteiger partial charge in [-0.3, -0.25) is 14.9 Å². The zero-order valence-electron chi connectivity index (χ0n) is 10.3. The first-order valence-corrected chi connectivity index (χ1v) is 6.00. The van der Waals surface area contributed by atoms with E-state index in [1.165, 1.54) is 12.1 Å². The molecule has 0 aliphatic heterocycles. The first-order valence-electron chi connectivity index (χ1n) is 6.00. The smallest absolute Gasteiger partial charge is 0.311 e. The van der Waals surface area contributed by atoms with Gasteiger partial charge < -0.3 is 16.4 Å². The van der Waals surface area contributed by atoms with Gasteiger partial charge in [-0.05, 0) is 18.9 Å². The second-order valence-corrected chi connectivity index (χ2v) is 4.35. The second kappa shape index (κ2) is 5.51. The Kier molecular flexibility index (Phi) is 3.79. The summed E-state index contributed by atoms with van der Waals surface area (Å²) in [5.41, 5.74) is 5.35. The van der Waals surface area contributed by atoms with E-state index in [4.69, 9.17) is 5.73 Å². The third-order valence-electron chi connectivity index (χ3n) is 2.76. The van der Waals surface area contributed by atoms with E-state index in [0.29, 0.717) is 13.1 Å². The van der Waals surface area contributed by atoms with Crippen LogP contribution in [0.1, 0.15) is 12.8 Å². The number of carbonyl (C=O) groups is 1. The molecule has 0 aromatic carbocycles. The Bertz CT molecular complexity index is 501. The zero-order chi connectivity index (χ0) is 13.8. The summed E-state index contributed by atoms with van der Waals surface area (Å²) in [7, 11) is 0. The van der Waals surface area contributed by atoms with Crippen molar-refractivity contribution in [2.45, 2.75) is 12.8 Å². The van der Waals surface area contributed by atoms with Gasteiger partial charge in [0.15, 0.2) is 0 Å². The van der Waals surface area contributed by atoms with E-state index >= 15 is 0 Å². The lowest BCUT2D eigenvalue weighted by molar-refractivity contribution is -0.384. The summed E-state index contributed by atoms with van der Waals surface area (Å²) in [6, 6.07) is 2.67. The molecule has 102 valence electrons. The van der Waals surface area contributed by atoms with E-state index < -0.39 is 4.92 Å². The van der Waals surface area contributed by atoms with E-state index in [1.807, 2.05) is 0 Å². The van der Waals surface area contributed by atoms with E-state index in [1.54, 1.807) is 0 Å². The molecule has 1 fully saturated rings. The van der Waals surface area contributed by atoms with Gasteiger partial charge in [0.05, 0.1) is 4.92 Å². The summed E-state index contributed by atoms with van der Waals surface area (Å²) in [4.78, 5) is 25.5. The van der Waals surface area contributed by atoms with Crippen LogP contribution in [-0.4, -0.2) is 28.9 Å². The molecule has 1 aliphatic rings. The summed E-state index contributed by atoms with van der Waals surface area (Å²) < 4.78 is 0. The third kappa shape index (κ3) is 3.54. The minimum atomic E-state index is -0.530. The van der Waals surface area contributed by atoms with Crippen molar-refractivity contribution in [2.24, 2.45) is 5.92 Å². The van der Waals surface area contributed by atoms with Gasteiger partial charge in [-0.15, -0.1) is 0 Å². The van der Waals surface area contributed by atoms with Crippen molar-refractivity contribution in [3.05, 3.63) is 22.2 Å². The molecule has 0 spiro atoms. The van der Waals surface area contributed by atoms with Gasteiger partial charge in [0.1, 0.15) is 5.82 Å².